The summed E-state index contributed by atoms with van der Waals surface area (Å²) in [6.45, 7) is 0. The highest BCUT2D eigenvalue weighted by molar-refractivity contribution is 1.71. The molecule has 0 radical (unpaired) electrons. The van der Waals surface area contributed by atoms with E-state index in [9.17, 15) is 0 Å². The van der Waals surface area contributed by atoms with Crippen molar-refractivity contribution >= 4 is 0 Å². The van der Waals surface area contributed by atoms with E-state index in [1.165, 1.54) is 0 Å². The summed E-state index contributed by atoms with van der Waals surface area (Å²) in [4.78, 5) is 0. The average Bonchev–Trinajstić information content (AvgIpc) is 0.918. The Morgan fingerprint density at radius 2 is 1.40 bits per heavy atom. The van der Waals surface area contributed by atoms with E-state index in [2.05, 4.69) is 0 Å². The van der Waals surface area contributed by atoms with Crippen LogP contribution in [0.5, 0.6) is 0 Å². The van der Waals surface area contributed by atoms with Crippen molar-refractivity contribution in [3.05, 3.63) is 0 Å². The van der Waals surface area contributed by atoms with Crippen molar-refractivity contribution in [1.82, 2.24) is 0 Å². The zero-order chi connectivity index (χ0) is 2.71. The highest BCUT2D eigenvalue weighted by Gasteiger charge is 1.52. The molecule has 0 aromatic heterocycles. The van der Waals surface area contributed by atoms with Crippen molar-refractivity contribution in [2.45, 2.75) is 0 Å². The van der Waals surface area contributed by atoms with Crippen LogP contribution >= 0.6 is 0 Å². The molecule has 4 nitrogen and oxygen atoms in total. The van der Waals surface area contributed by atoms with E-state index in [0.717, 1.165) is 0 Å². The first-order valence-corrected chi connectivity index (χ1v) is 2.17. The van der Waals surface area contributed by atoms with Gasteiger partial charge in [-0.05, 0) is 0 Å². The quantitative estimate of drug-likeness (QED) is 0.389. The molecule has 0 aliphatic carbocycles. The third-order valence-electron chi connectivity index (χ3n) is 0. The Hall–Kier alpha value is 0.570. The number of hydrogen-bond acceptors (Lipinski definition) is 2. The lowest BCUT2D eigenvalue weighted by Crippen LogP contribution is -3.69. The van der Waals surface area contributed by atoms with Gasteiger partial charge in [0.1, 0.15) is 0 Å². The van der Waals surface area contributed by atoms with Gasteiger partial charge in [-0.1, -0.05) is 0 Å². The molecule has 36 valence electrons. The molecule has 5 N–H and O–H groups in total. The van der Waals surface area contributed by atoms with Crippen LogP contribution in [0.2, 0.25) is 0 Å². The van der Waals surface area contributed by atoms with Crippen LogP contribution in [0.15, 0.2) is 0 Å². The van der Waals surface area contributed by atoms with Gasteiger partial charge < -0.3 is 14.4 Å². The molecule has 0 aromatic carbocycles. The Morgan fingerprint density at radius 1 is 1.40 bits per heavy atom. The van der Waals surface area contributed by atoms with Gasteiger partial charge >= 0.3 is 22.0 Å². The zero-order valence-electron chi connectivity index (χ0n) is 2.23. The van der Waals surface area contributed by atoms with Crippen molar-refractivity contribution in [2.75, 3.05) is 0 Å². The average molecular weight is 196 g/mol. The van der Waals surface area contributed by atoms with E-state index in [1.54, 1.807) is 0 Å². The molecule has 0 aromatic rings. The third kappa shape index (κ3) is 92.9. The SMILES string of the molecule is O.O.[O-][I+]O. The molecule has 5 heteroatoms. The predicted octanol–water partition coefficient (Wildman–Crippen LogP) is -6.39. The van der Waals surface area contributed by atoms with Crippen LogP contribution in [0, 0.1) is 0 Å². The van der Waals surface area contributed by atoms with Crippen molar-refractivity contribution < 1.29 is 39.9 Å². The third-order valence-corrected chi connectivity index (χ3v) is 0. The van der Waals surface area contributed by atoms with Crippen LogP contribution in [-0.4, -0.2) is 14.4 Å². The lowest BCUT2D eigenvalue weighted by atomic mass is 16.0. The highest BCUT2D eigenvalue weighted by Crippen LogP contribution is 0.133. The fourth-order valence-electron chi connectivity index (χ4n) is 0. The number of halogens is 1. The van der Waals surface area contributed by atoms with Crippen molar-refractivity contribution in [3.8, 4) is 0 Å². The molecule has 0 saturated carbocycles. The molecule has 0 bridgehead atoms. The molecule has 0 aliphatic rings. The highest BCUT2D eigenvalue weighted by atomic mass is 127. The molecule has 0 saturated heterocycles. The van der Waals surface area contributed by atoms with Gasteiger partial charge in [0.15, 0.2) is 0 Å². The standard InChI is InChI=1S/HIO2.2H2O/c2-1-3;;/h2H;2*1H2. The van der Waals surface area contributed by atoms with Crippen molar-refractivity contribution in [2.24, 2.45) is 0 Å². The molecule has 0 heterocycles. The van der Waals surface area contributed by atoms with E-state index >= 15 is 0 Å². The van der Waals surface area contributed by atoms with Crippen LogP contribution in [0.1, 0.15) is 0 Å². The van der Waals surface area contributed by atoms with Gasteiger partial charge in [0.2, 0.25) is 0 Å². The van der Waals surface area contributed by atoms with Crippen molar-refractivity contribution in [1.29, 1.82) is 0 Å². The Balaban J connectivity index is -0.0000000200. The molecular formula is H5IO4. The summed E-state index contributed by atoms with van der Waals surface area (Å²) in [5.41, 5.74) is 0. The van der Waals surface area contributed by atoms with Gasteiger partial charge in [-0.2, -0.15) is 3.44 Å². The monoisotopic (exact) mass is 196 g/mol. The van der Waals surface area contributed by atoms with E-state index < -0.39 is 22.0 Å². The van der Waals surface area contributed by atoms with Gasteiger partial charge in [0, 0.05) is 0 Å². The van der Waals surface area contributed by atoms with Gasteiger partial charge in [0.05, 0.1) is 0 Å². The zero-order valence-corrected chi connectivity index (χ0v) is 4.39. The number of hydrogen-bond donors (Lipinski definition) is 1. The van der Waals surface area contributed by atoms with Gasteiger partial charge in [-0.25, -0.2) is 0 Å². The second-order valence-electron chi connectivity index (χ2n) is 0.0690. The minimum absolute atomic E-state index is 0. The normalized spacial score (nSPS) is 3.60. The van der Waals surface area contributed by atoms with Gasteiger partial charge in [0.25, 0.3) is 0 Å². The first-order valence-electron chi connectivity index (χ1n) is 0.323. The number of rotatable bonds is 0. The minimum Gasteiger partial charge on any atom is -0.567 e. The summed E-state index contributed by atoms with van der Waals surface area (Å²) >= 11 is -1.66. The Labute approximate surface area is 40.4 Å². The topological polar surface area (TPSA) is 106 Å². The molecule has 0 amide bonds. The maximum absolute atomic E-state index is 8.60. The minimum atomic E-state index is -1.66. The van der Waals surface area contributed by atoms with E-state index in [0.29, 0.717) is 0 Å². The molecular weight excluding hydrogens is 191 g/mol. The fourth-order valence-corrected chi connectivity index (χ4v) is 0. The molecule has 0 aliphatic heterocycles. The molecule has 0 atom stereocenters. The summed E-state index contributed by atoms with van der Waals surface area (Å²) < 4.78 is 15.7. The van der Waals surface area contributed by atoms with E-state index in [1.807, 2.05) is 0 Å². The molecule has 0 spiro atoms. The Kier molecular flexibility index (Phi) is 83.2. The van der Waals surface area contributed by atoms with Crippen LogP contribution in [0.4, 0.5) is 0 Å². The maximum atomic E-state index is 8.60. The lowest BCUT2D eigenvalue weighted by molar-refractivity contribution is -1.27. The smallest absolute Gasteiger partial charge is 0.449 e. The molecule has 0 fully saturated rings. The summed E-state index contributed by atoms with van der Waals surface area (Å²) in [6.07, 6.45) is 0. The second kappa shape index (κ2) is 23.6. The van der Waals surface area contributed by atoms with Gasteiger partial charge in [-0.3, -0.25) is 0 Å². The summed E-state index contributed by atoms with van der Waals surface area (Å²) in [5.74, 6) is 0. The fraction of sp³-hybridized carbons (Fsp3) is 0. The van der Waals surface area contributed by atoms with Crippen LogP contribution in [0.25, 0.3) is 0 Å². The first kappa shape index (κ1) is 17.6. The Morgan fingerprint density at radius 3 is 1.40 bits per heavy atom. The second-order valence-corrected chi connectivity index (χ2v) is 0.463. The summed E-state index contributed by atoms with van der Waals surface area (Å²) in [7, 11) is 0. The van der Waals surface area contributed by atoms with Crippen LogP contribution in [0.3, 0.4) is 0 Å². The molecule has 5 heavy (non-hydrogen) atoms. The van der Waals surface area contributed by atoms with Gasteiger partial charge in [-0.15, -0.1) is 0 Å². The Bertz CT molecular complexity index is 3.61. The van der Waals surface area contributed by atoms with Crippen LogP contribution in [-0.2, 0) is 0 Å². The lowest BCUT2D eigenvalue weighted by Gasteiger charge is -1.45. The van der Waals surface area contributed by atoms with E-state index in [-0.39, 0.29) is 11.0 Å². The maximum Gasteiger partial charge on any atom is 0.449 e. The predicted molar refractivity (Wildman–Crippen MR) is 9.45 cm³/mol. The molecule has 0 unspecified atom stereocenters. The first-order chi connectivity index (χ1) is 1.41. The summed E-state index contributed by atoms with van der Waals surface area (Å²) in [5, 5.41) is 0. The van der Waals surface area contributed by atoms with Crippen LogP contribution < -0.4 is 25.5 Å². The van der Waals surface area contributed by atoms with E-state index in [4.69, 9.17) is 6.87 Å². The largest absolute Gasteiger partial charge is 0.567 e. The molecule has 0 rings (SSSR count). The van der Waals surface area contributed by atoms with Crippen molar-refractivity contribution in [3.63, 3.8) is 0 Å². The summed E-state index contributed by atoms with van der Waals surface area (Å²) in [6, 6.07) is 0.